The number of methoxy groups -OCH3 is 1. The molecule has 1 aromatic carbocycles. The molecule has 0 saturated carbocycles. The molecule has 0 spiro atoms. The van der Waals surface area contributed by atoms with E-state index in [0.717, 1.165) is 10.9 Å². The van der Waals surface area contributed by atoms with E-state index in [2.05, 4.69) is 0 Å². The summed E-state index contributed by atoms with van der Waals surface area (Å²) in [4.78, 5) is 26.5. The highest BCUT2D eigenvalue weighted by Gasteiger charge is 2.49. The number of aryl methyl sites for hydroxylation is 1. The number of fused-ring (bicyclic) bond motifs is 1. The number of amides is 2. The van der Waals surface area contributed by atoms with E-state index in [1.807, 2.05) is 31.2 Å². The number of furan rings is 1. The smallest absolute Gasteiger partial charge is 0.290 e. The molecule has 6 heteroatoms. The van der Waals surface area contributed by atoms with E-state index in [-0.39, 0.29) is 18.3 Å². The van der Waals surface area contributed by atoms with Gasteiger partial charge in [0.05, 0.1) is 6.61 Å². The number of nitrogens with zero attached hydrogens (tertiary/aromatic N) is 1. The minimum absolute atomic E-state index is 0.0906. The Hall–Kier alpha value is -2.34. The van der Waals surface area contributed by atoms with Crippen molar-refractivity contribution in [2.24, 2.45) is 5.73 Å². The number of primary amides is 1. The molecular formula is C17H20N2O4. The molecule has 1 aromatic heterocycles. The first kappa shape index (κ1) is 15.6. The summed E-state index contributed by atoms with van der Waals surface area (Å²) >= 11 is 0. The Labute approximate surface area is 134 Å². The zero-order chi connectivity index (χ0) is 16.6. The minimum Gasteiger partial charge on any atom is -0.451 e. The number of hydrogen-bond acceptors (Lipinski definition) is 4. The van der Waals surface area contributed by atoms with Gasteiger partial charge in [0.1, 0.15) is 11.1 Å². The van der Waals surface area contributed by atoms with Crippen LogP contribution in [-0.2, 0) is 9.53 Å². The predicted octanol–water partition coefficient (Wildman–Crippen LogP) is 1.85. The highest BCUT2D eigenvalue weighted by atomic mass is 16.5. The van der Waals surface area contributed by atoms with Crippen LogP contribution in [0.4, 0.5) is 0 Å². The lowest BCUT2D eigenvalue weighted by atomic mass is 9.96. The van der Waals surface area contributed by atoms with Gasteiger partial charge in [-0.05, 0) is 25.8 Å². The molecular weight excluding hydrogens is 296 g/mol. The SMILES string of the molecule is COCC1(C(N)=O)CCCN1C(=O)c1oc2ccccc2c1C. The molecule has 1 unspecified atom stereocenters. The van der Waals surface area contributed by atoms with Gasteiger partial charge in [0.25, 0.3) is 5.91 Å². The Bertz CT molecular complexity index is 767. The van der Waals surface area contributed by atoms with E-state index >= 15 is 0 Å². The summed E-state index contributed by atoms with van der Waals surface area (Å²) in [5.74, 6) is -0.596. The number of ether oxygens (including phenoxy) is 1. The highest BCUT2D eigenvalue weighted by Crippen LogP contribution is 2.33. The topological polar surface area (TPSA) is 85.8 Å². The summed E-state index contributed by atoms with van der Waals surface area (Å²) in [6.07, 6.45) is 1.21. The van der Waals surface area contributed by atoms with Crippen molar-refractivity contribution >= 4 is 22.8 Å². The maximum Gasteiger partial charge on any atom is 0.290 e. The van der Waals surface area contributed by atoms with Gasteiger partial charge in [-0.15, -0.1) is 0 Å². The van der Waals surface area contributed by atoms with Crippen molar-refractivity contribution in [2.75, 3.05) is 20.3 Å². The summed E-state index contributed by atoms with van der Waals surface area (Å²) in [5.41, 5.74) is 5.92. The van der Waals surface area contributed by atoms with Crippen LogP contribution in [0, 0.1) is 6.92 Å². The first-order valence-electron chi connectivity index (χ1n) is 7.60. The van der Waals surface area contributed by atoms with Gasteiger partial charge in [0.2, 0.25) is 5.91 Å². The van der Waals surface area contributed by atoms with Crippen LogP contribution in [0.3, 0.4) is 0 Å². The Balaban J connectivity index is 2.04. The molecule has 1 fully saturated rings. The van der Waals surface area contributed by atoms with Crippen LogP contribution in [0.1, 0.15) is 29.0 Å². The average molecular weight is 316 g/mol. The van der Waals surface area contributed by atoms with Crippen molar-refractivity contribution in [3.05, 3.63) is 35.6 Å². The second kappa shape index (κ2) is 5.70. The molecule has 23 heavy (non-hydrogen) atoms. The molecule has 2 heterocycles. The van der Waals surface area contributed by atoms with Gasteiger partial charge in [0.15, 0.2) is 5.76 Å². The van der Waals surface area contributed by atoms with Crippen molar-refractivity contribution in [3.8, 4) is 0 Å². The maximum absolute atomic E-state index is 13.0. The number of likely N-dealkylation sites (tertiary alicyclic amines) is 1. The summed E-state index contributed by atoms with van der Waals surface area (Å²) in [6, 6.07) is 7.48. The lowest BCUT2D eigenvalue weighted by Crippen LogP contribution is -2.58. The van der Waals surface area contributed by atoms with Crippen LogP contribution >= 0.6 is 0 Å². The van der Waals surface area contributed by atoms with Crippen molar-refractivity contribution < 1.29 is 18.7 Å². The molecule has 1 atom stereocenters. The number of para-hydroxylation sites is 1. The van der Waals surface area contributed by atoms with Gasteiger partial charge in [0, 0.05) is 24.6 Å². The third kappa shape index (κ3) is 2.30. The van der Waals surface area contributed by atoms with Gasteiger partial charge in [-0.25, -0.2) is 0 Å². The van der Waals surface area contributed by atoms with Crippen molar-refractivity contribution in [1.82, 2.24) is 4.90 Å². The molecule has 2 N–H and O–H groups in total. The molecule has 3 rings (SSSR count). The fourth-order valence-corrected chi connectivity index (χ4v) is 3.39. The standard InChI is InChI=1S/C17H20N2O4/c1-11-12-6-3-4-7-13(12)23-14(11)15(20)19-9-5-8-17(19,10-22-2)16(18)21/h3-4,6-7H,5,8-10H2,1-2H3,(H2,18,21). The van der Waals surface area contributed by atoms with Gasteiger partial charge in [-0.3, -0.25) is 9.59 Å². The molecule has 2 aromatic rings. The lowest BCUT2D eigenvalue weighted by molar-refractivity contribution is -0.130. The van der Waals surface area contributed by atoms with Crippen molar-refractivity contribution in [3.63, 3.8) is 0 Å². The second-order valence-corrected chi connectivity index (χ2v) is 5.94. The Morgan fingerprint density at radius 2 is 2.13 bits per heavy atom. The summed E-state index contributed by atoms with van der Waals surface area (Å²) < 4.78 is 10.9. The molecule has 1 aliphatic rings. The molecule has 0 radical (unpaired) electrons. The molecule has 1 saturated heterocycles. The summed E-state index contributed by atoms with van der Waals surface area (Å²) in [6.45, 7) is 2.40. The normalized spacial score (nSPS) is 21.0. The van der Waals surface area contributed by atoms with Crippen LogP contribution in [0.15, 0.2) is 28.7 Å². The number of carbonyl (C=O) groups excluding carboxylic acids is 2. The van der Waals surface area contributed by atoms with E-state index in [1.165, 1.54) is 12.0 Å². The summed E-state index contributed by atoms with van der Waals surface area (Å²) in [7, 11) is 1.50. The van der Waals surface area contributed by atoms with Gasteiger partial charge in [-0.2, -0.15) is 0 Å². The molecule has 0 aliphatic carbocycles. The number of hydrogen-bond donors (Lipinski definition) is 1. The monoisotopic (exact) mass is 316 g/mol. The second-order valence-electron chi connectivity index (χ2n) is 5.94. The van der Waals surface area contributed by atoms with E-state index in [1.54, 1.807) is 0 Å². The molecule has 0 bridgehead atoms. The third-order valence-corrected chi connectivity index (χ3v) is 4.61. The van der Waals surface area contributed by atoms with Crippen LogP contribution < -0.4 is 5.73 Å². The van der Waals surface area contributed by atoms with E-state index in [9.17, 15) is 9.59 Å². The predicted molar refractivity (Wildman–Crippen MR) is 85.0 cm³/mol. The first-order valence-corrected chi connectivity index (χ1v) is 7.60. The quantitative estimate of drug-likeness (QED) is 0.932. The molecule has 6 nitrogen and oxygen atoms in total. The van der Waals surface area contributed by atoms with Crippen LogP contribution in [0.5, 0.6) is 0 Å². The van der Waals surface area contributed by atoms with Crippen molar-refractivity contribution in [1.29, 1.82) is 0 Å². The Morgan fingerprint density at radius 1 is 1.39 bits per heavy atom. The van der Waals surface area contributed by atoms with Crippen LogP contribution in [0.2, 0.25) is 0 Å². The van der Waals surface area contributed by atoms with Gasteiger partial charge < -0.3 is 19.8 Å². The van der Waals surface area contributed by atoms with Gasteiger partial charge >= 0.3 is 0 Å². The van der Waals surface area contributed by atoms with Crippen LogP contribution in [0.25, 0.3) is 11.0 Å². The average Bonchev–Trinajstić information content (AvgIpc) is 3.10. The highest BCUT2D eigenvalue weighted by molar-refractivity contribution is 6.02. The Kier molecular flexibility index (Phi) is 3.85. The number of rotatable bonds is 4. The Morgan fingerprint density at radius 3 is 2.78 bits per heavy atom. The zero-order valence-electron chi connectivity index (χ0n) is 13.3. The number of benzene rings is 1. The molecule has 122 valence electrons. The first-order chi connectivity index (χ1) is 11.0. The van der Waals surface area contributed by atoms with Gasteiger partial charge in [-0.1, -0.05) is 18.2 Å². The fourth-order valence-electron chi connectivity index (χ4n) is 3.39. The summed E-state index contributed by atoms with van der Waals surface area (Å²) in [5, 5.41) is 0.895. The van der Waals surface area contributed by atoms with Crippen molar-refractivity contribution in [2.45, 2.75) is 25.3 Å². The number of nitrogens with two attached hydrogens (primary N) is 1. The maximum atomic E-state index is 13.0. The largest absolute Gasteiger partial charge is 0.451 e. The van der Waals surface area contributed by atoms with Crippen LogP contribution in [-0.4, -0.2) is 42.5 Å². The fraction of sp³-hybridized carbons (Fsp3) is 0.412. The van der Waals surface area contributed by atoms with E-state index in [0.29, 0.717) is 25.0 Å². The lowest BCUT2D eigenvalue weighted by Gasteiger charge is -2.34. The molecule has 2 amide bonds. The minimum atomic E-state index is -1.10. The third-order valence-electron chi connectivity index (χ3n) is 4.61. The van der Waals surface area contributed by atoms with E-state index in [4.69, 9.17) is 14.9 Å². The zero-order valence-corrected chi connectivity index (χ0v) is 13.3. The van der Waals surface area contributed by atoms with E-state index < -0.39 is 11.4 Å². The number of carbonyl (C=O) groups is 2. The molecule has 1 aliphatic heterocycles.